The van der Waals surface area contributed by atoms with Crippen molar-refractivity contribution in [1.82, 2.24) is 25.4 Å². The first-order valence-electron chi connectivity index (χ1n) is 10.8. The largest absolute Gasteiger partial charge is 0.396 e. The van der Waals surface area contributed by atoms with Gasteiger partial charge in [-0.3, -0.25) is 9.59 Å². The third-order valence-electron chi connectivity index (χ3n) is 4.73. The van der Waals surface area contributed by atoms with Gasteiger partial charge < -0.3 is 30.8 Å². The maximum atomic E-state index is 12.5. The number of carbonyl (C=O) groups is 2. The standard InChI is InChI=1S/C22H34N6O4/c1-22(2,23)21(31)26-18(15-32-14-17-8-4-3-5-9-17)20-27-25-16-28(20)12-10-19(30)24-11-6-7-13-29/h3-5,8-9,16,18,29H,6-7,10-15,23H2,1-2H3,(H,24,30)(H,26,31). The minimum absolute atomic E-state index is 0.105. The zero-order chi connectivity index (χ0) is 23.4. The van der Waals surface area contributed by atoms with E-state index in [1.165, 1.54) is 6.33 Å². The Hall–Kier alpha value is -2.82. The fraction of sp³-hybridized carbons (Fsp3) is 0.545. The first-order chi connectivity index (χ1) is 15.3. The van der Waals surface area contributed by atoms with Crippen LogP contribution >= 0.6 is 0 Å². The Balaban J connectivity index is 2.00. The summed E-state index contributed by atoms with van der Waals surface area (Å²) in [5, 5.41) is 22.6. The number of rotatable bonds is 14. The van der Waals surface area contributed by atoms with Gasteiger partial charge in [-0.25, -0.2) is 0 Å². The highest BCUT2D eigenvalue weighted by molar-refractivity contribution is 5.85. The maximum absolute atomic E-state index is 12.5. The molecule has 0 saturated heterocycles. The van der Waals surface area contributed by atoms with E-state index >= 15 is 0 Å². The number of amides is 2. The molecule has 0 fully saturated rings. The zero-order valence-electron chi connectivity index (χ0n) is 18.8. The number of aliphatic hydroxyl groups is 1. The summed E-state index contributed by atoms with van der Waals surface area (Å²) in [6.07, 6.45) is 3.13. The highest BCUT2D eigenvalue weighted by atomic mass is 16.5. The van der Waals surface area contributed by atoms with Gasteiger partial charge in [-0.2, -0.15) is 0 Å². The summed E-state index contributed by atoms with van der Waals surface area (Å²) in [5.41, 5.74) is 5.88. The smallest absolute Gasteiger partial charge is 0.240 e. The molecule has 0 spiro atoms. The molecule has 10 nitrogen and oxygen atoms in total. The highest BCUT2D eigenvalue weighted by Gasteiger charge is 2.28. The average molecular weight is 447 g/mol. The van der Waals surface area contributed by atoms with Crippen molar-refractivity contribution in [3.8, 4) is 0 Å². The number of aliphatic hydroxyl groups excluding tert-OH is 1. The summed E-state index contributed by atoms with van der Waals surface area (Å²) >= 11 is 0. The van der Waals surface area contributed by atoms with E-state index in [1.54, 1.807) is 18.4 Å². The number of aromatic nitrogens is 3. The van der Waals surface area contributed by atoms with Crippen LogP contribution in [0.3, 0.4) is 0 Å². The minimum Gasteiger partial charge on any atom is -0.396 e. The van der Waals surface area contributed by atoms with Gasteiger partial charge in [-0.15, -0.1) is 10.2 Å². The molecule has 0 radical (unpaired) electrons. The number of aryl methyl sites for hydroxylation is 1. The molecular weight excluding hydrogens is 412 g/mol. The van der Waals surface area contributed by atoms with Crippen molar-refractivity contribution >= 4 is 11.8 Å². The summed E-state index contributed by atoms with van der Waals surface area (Å²) < 4.78 is 7.57. The van der Waals surface area contributed by atoms with Gasteiger partial charge in [0.1, 0.15) is 12.4 Å². The van der Waals surface area contributed by atoms with E-state index in [1.807, 2.05) is 30.3 Å². The van der Waals surface area contributed by atoms with E-state index < -0.39 is 11.6 Å². The normalized spacial score (nSPS) is 12.4. The van der Waals surface area contributed by atoms with Crippen LogP contribution in [-0.2, 0) is 27.5 Å². The molecule has 2 amide bonds. The second kappa shape index (κ2) is 12.9. The Kier molecular flexibility index (Phi) is 10.3. The first kappa shape index (κ1) is 25.4. The van der Waals surface area contributed by atoms with Crippen LogP contribution < -0.4 is 16.4 Å². The van der Waals surface area contributed by atoms with Crippen LogP contribution in [0.5, 0.6) is 0 Å². The number of nitrogens with one attached hydrogen (secondary N) is 2. The van der Waals surface area contributed by atoms with Crippen LogP contribution in [0.1, 0.15) is 50.5 Å². The zero-order valence-corrected chi connectivity index (χ0v) is 18.8. The predicted molar refractivity (Wildman–Crippen MR) is 119 cm³/mol. The monoisotopic (exact) mass is 446 g/mol. The lowest BCUT2D eigenvalue weighted by atomic mass is 10.1. The minimum atomic E-state index is -1.07. The number of hydrogen-bond acceptors (Lipinski definition) is 7. The molecule has 2 rings (SSSR count). The molecule has 176 valence electrons. The molecule has 1 atom stereocenters. The molecule has 5 N–H and O–H groups in total. The Morgan fingerprint density at radius 1 is 1.25 bits per heavy atom. The van der Waals surface area contributed by atoms with Crippen molar-refractivity contribution in [3.05, 3.63) is 48.0 Å². The van der Waals surface area contributed by atoms with Gasteiger partial charge in [0.25, 0.3) is 0 Å². The molecule has 0 saturated carbocycles. The second-order valence-corrected chi connectivity index (χ2v) is 8.16. The second-order valence-electron chi connectivity index (χ2n) is 8.16. The van der Waals surface area contributed by atoms with Crippen molar-refractivity contribution in [2.24, 2.45) is 5.73 Å². The third kappa shape index (κ3) is 8.74. The average Bonchev–Trinajstić information content (AvgIpc) is 3.23. The number of hydrogen-bond donors (Lipinski definition) is 4. The van der Waals surface area contributed by atoms with Gasteiger partial charge in [0.05, 0.1) is 18.8 Å². The lowest BCUT2D eigenvalue weighted by Crippen LogP contribution is -2.51. The fourth-order valence-corrected chi connectivity index (χ4v) is 2.87. The summed E-state index contributed by atoms with van der Waals surface area (Å²) in [6.45, 7) is 4.77. The van der Waals surface area contributed by atoms with Crippen LogP contribution in [0.15, 0.2) is 36.7 Å². The van der Waals surface area contributed by atoms with Crippen LogP contribution in [0.4, 0.5) is 0 Å². The molecular formula is C22H34N6O4. The maximum Gasteiger partial charge on any atom is 0.240 e. The van der Waals surface area contributed by atoms with Gasteiger partial charge in [0.15, 0.2) is 5.82 Å². The number of nitrogens with two attached hydrogens (primary N) is 1. The molecule has 1 aromatic carbocycles. The molecule has 1 heterocycles. The number of nitrogens with zero attached hydrogens (tertiary/aromatic N) is 3. The molecule has 0 bridgehead atoms. The Labute approximate surface area is 188 Å². The van der Waals surface area contributed by atoms with Crippen molar-refractivity contribution in [1.29, 1.82) is 0 Å². The molecule has 0 aliphatic rings. The number of ether oxygens (including phenoxy) is 1. The lowest BCUT2D eigenvalue weighted by Gasteiger charge is -2.24. The SMILES string of the molecule is CC(C)(N)C(=O)NC(COCc1ccccc1)c1nncn1CCC(=O)NCCCCO. The van der Waals surface area contributed by atoms with Gasteiger partial charge in [0.2, 0.25) is 11.8 Å². The highest BCUT2D eigenvalue weighted by Crippen LogP contribution is 2.14. The number of carbonyl (C=O) groups excluding carboxylic acids is 2. The van der Waals surface area contributed by atoms with E-state index in [0.29, 0.717) is 31.9 Å². The molecule has 0 aliphatic carbocycles. The Bertz CT molecular complexity index is 834. The van der Waals surface area contributed by atoms with Crippen LogP contribution in [0.25, 0.3) is 0 Å². The molecule has 2 aromatic rings. The summed E-state index contributed by atoms with van der Waals surface area (Å²) in [7, 11) is 0. The quantitative estimate of drug-likeness (QED) is 0.312. The molecule has 1 aromatic heterocycles. The lowest BCUT2D eigenvalue weighted by molar-refractivity contribution is -0.126. The Morgan fingerprint density at radius 3 is 2.69 bits per heavy atom. The van der Waals surface area contributed by atoms with Crippen molar-refractivity contribution in [2.45, 2.75) is 57.8 Å². The predicted octanol–water partition coefficient (Wildman–Crippen LogP) is 0.668. The third-order valence-corrected chi connectivity index (χ3v) is 4.73. The molecule has 10 heteroatoms. The van der Waals surface area contributed by atoms with Gasteiger partial charge in [-0.05, 0) is 32.3 Å². The molecule has 1 unspecified atom stereocenters. The number of benzene rings is 1. The van der Waals surface area contributed by atoms with Crippen LogP contribution in [0, 0.1) is 0 Å². The van der Waals surface area contributed by atoms with E-state index in [4.69, 9.17) is 15.6 Å². The van der Waals surface area contributed by atoms with Crippen molar-refractivity contribution < 1.29 is 19.4 Å². The summed E-state index contributed by atoms with van der Waals surface area (Å²) in [4.78, 5) is 24.6. The molecule has 0 aliphatic heterocycles. The van der Waals surface area contributed by atoms with E-state index in [-0.39, 0.29) is 31.4 Å². The van der Waals surface area contributed by atoms with E-state index in [2.05, 4.69) is 20.8 Å². The summed E-state index contributed by atoms with van der Waals surface area (Å²) in [6, 6.07) is 9.13. The van der Waals surface area contributed by atoms with Crippen molar-refractivity contribution in [2.75, 3.05) is 19.8 Å². The molecule has 32 heavy (non-hydrogen) atoms. The van der Waals surface area contributed by atoms with E-state index in [9.17, 15) is 9.59 Å². The van der Waals surface area contributed by atoms with Crippen LogP contribution in [-0.4, -0.2) is 57.0 Å². The first-order valence-corrected chi connectivity index (χ1v) is 10.8. The Morgan fingerprint density at radius 2 is 2.00 bits per heavy atom. The summed E-state index contributed by atoms with van der Waals surface area (Å²) in [5.74, 6) is 0.0392. The topological polar surface area (TPSA) is 144 Å². The number of unbranched alkanes of at least 4 members (excludes halogenated alkanes) is 1. The van der Waals surface area contributed by atoms with Crippen molar-refractivity contribution in [3.63, 3.8) is 0 Å². The van der Waals surface area contributed by atoms with E-state index in [0.717, 1.165) is 12.0 Å². The van der Waals surface area contributed by atoms with Gasteiger partial charge in [0, 0.05) is 26.1 Å². The fourth-order valence-electron chi connectivity index (χ4n) is 2.87. The van der Waals surface area contributed by atoms with Gasteiger partial charge in [-0.1, -0.05) is 30.3 Å². The van der Waals surface area contributed by atoms with Crippen LogP contribution in [0.2, 0.25) is 0 Å². The van der Waals surface area contributed by atoms with Gasteiger partial charge >= 0.3 is 0 Å².